The number of benzene rings is 1. The van der Waals surface area contributed by atoms with E-state index in [4.69, 9.17) is 19.4 Å². The Kier molecular flexibility index (Phi) is 4.51. The van der Waals surface area contributed by atoms with Gasteiger partial charge in [0, 0.05) is 6.54 Å². The van der Waals surface area contributed by atoms with Gasteiger partial charge in [-0.1, -0.05) is 17.3 Å². The molecule has 0 radical (unpaired) electrons. The highest BCUT2D eigenvalue weighted by Crippen LogP contribution is 2.27. The Morgan fingerprint density at radius 2 is 2.08 bits per heavy atom. The lowest BCUT2D eigenvalue weighted by molar-refractivity contribution is 0.0955. The highest BCUT2D eigenvalue weighted by atomic mass is 16.5. The van der Waals surface area contributed by atoms with Gasteiger partial charge in [-0.15, -0.1) is 0 Å². The van der Waals surface area contributed by atoms with Gasteiger partial charge in [-0.2, -0.15) is 0 Å². The summed E-state index contributed by atoms with van der Waals surface area (Å²) >= 11 is 0. The number of hydrogen-bond donors (Lipinski definition) is 2. The number of ether oxygens (including phenoxy) is 1. The van der Waals surface area contributed by atoms with Crippen molar-refractivity contribution in [3.05, 3.63) is 53.8 Å². The third kappa shape index (κ3) is 3.24. The molecule has 0 bridgehead atoms. The average molecular weight is 327 g/mol. The van der Waals surface area contributed by atoms with E-state index in [1.807, 2.05) is 24.3 Å². The van der Waals surface area contributed by atoms with Crippen LogP contribution < -0.4 is 15.8 Å². The molecular weight excluding hydrogens is 310 g/mol. The van der Waals surface area contributed by atoms with Gasteiger partial charge in [0.15, 0.2) is 11.5 Å². The number of carbonyl (C=O) groups excluding carboxylic acids is 1. The fraction of sp³-hybridized carbons (Fsp3) is 0.176. The van der Waals surface area contributed by atoms with Crippen molar-refractivity contribution in [3.63, 3.8) is 0 Å². The van der Waals surface area contributed by atoms with Crippen LogP contribution in [0.5, 0.6) is 5.75 Å². The van der Waals surface area contributed by atoms with Crippen LogP contribution in [0.3, 0.4) is 0 Å². The summed E-state index contributed by atoms with van der Waals surface area (Å²) in [5, 5.41) is 6.61. The van der Waals surface area contributed by atoms with Crippen molar-refractivity contribution in [2.24, 2.45) is 0 Å². The van der Waals surface area contributed by atoms with Crippen LogP contribution in [0.2, 0.25) is 0 Å². The van der Waals surface area contributed by atoms with E-state index in [0.717, 1.165) is 11.3 Å². The first-order valence-electron chi connectivity index (χ1n) is 7.39. The van der Waals surface area contributed by atoms with E-state index in [1.165, 1.54) is 6.26 Å². The molecule has 0 aliphatic heterocycles. The standard InChI is InChI=1S/C17H17N3O4/c1-22-12-6-4-11(5-7-12)8-9-19-17(21)14-15(20-24-16(14)18)13-3-2-10-23-13/h2-7,10H,8-9,18H2,1H3,(H,19,21). The van der Waals surface area contributed by atoms with Crippen LogP contribution in [0.25, 0.3) is 11.5 Å². The molecule has 124 valence electrons. The van der Waals surface area contributed by atoms with Gasteiger partial charge >= 0.3 is 0 Å². The van der Waals surface area contributed by atoms with Crippen LogP contribution in [-0.4, -0.2) is 24.7 Å². The molecule has 0 fully saturated rings. The number of aromatic nitrogens is 1. The van der Waals surface area contributed by atoms with Gasteiger partial charge in [0.05, 0.1) is 13.4 Å². The normalized spacial score (nSPS) is 10.5. The monoisotopic (exact) mass is 327 g/mol. The minimum absolute atomic E-state index is 0.0386. The highest BCUT2D eigenvalue weighted by Gasteiger charge is 2.23. The molecule has 2 aromatic heterocycles. The lowest BCUT2D eigenvalue weighted by Gasteiger charge is -2.06. The van der Waals surface area contributed by atoms with Gasteiger partial charge in [0.2, 0.25) is 5.88 Å². The number of carbonyl (C=O) groups is 1. The second-order valence-electron chi connectivity index (χ2n) is 5.10. The molecule has 3 rings (SSSR count). The molecule has 7 nitrogen and oxygen atoms in total. The SMILES string of the molecule is COc1ccc(CCNC(=O)c2c(-c3ccco3)noc2N)cc1. The van der Waals surface area contributed by atoms with Gasteiger partial charge in [0.25, 0.3) is 5.91 Å². The molecule has 3 aromatic rings. The summed E-state index contributed by atoms with van der Waals surface area (Å²) in [5.41, 5.74) is 7.27. The summed E-state index contributed by atoms with van der Waals surface area (Å²) in [5.74, 6) is 0.830. The molecular formula is C17H17N3O4. The second-order valence-corrected chi connectivity index (χ2v) is 5.10. The minimum Gasteiger partial charge on any atom is -0.497 e. The van der Waals surface area contributed by atoms with Crippen LogP contribution in [0.4, 0.5) is 5.88 Å². The van der Waals surface area contributed by atoms with E-state index in [9.17, 15) is 4.79 Å². The molecule has 2 heterocycles. The van der Waals surface area contributed by atoms with Crippen LogP contribution in [0, 0.1) is 0 Å². The molecule has 1 amide bonds. The smallest absolute Gasteiger partial charge is 0.259 e. The molecule has 0 spiro atoms. The maximum Gasteiger partial charge on any atom is 0.259 e. The van der Waals surface area contributed by atoms with E-state index in [0.29, 0.717) is 24.4 Å². The molecule has 7 heteroatoms. The van der Waals surface area contributed by atoms with Gasteiger partial charge < -0.3 is 24.7 Å². The van der Waals surface area contributed by atoms with Crippen molar-refractivity contribution < 1.29 is 18.5 Å². The molecule has 0 aliphatic carbocycles. The largest absolute Gasteiger partial charge is 0.497 e. The van der Waals surface area contributed by atoms with E-state index in [2.05, 4.69) is 10.5 Å². The van der Waals surface area contributed by atoms with Crippen LogP contribution in [0.15, 0.2) is 51.6 Å². The Balaban J connectivity index is 1.64. The number of furan rings is 1. The predicted octanol–water partition coefficient (Wildman–Crippen LogP) is 2.50. The second kappa shape index (κ2) is 6.91. The number of amides is 1. The van der Waals surface area contributed by atoms with Gasteiger partial charge in [-0.25, -0.2) is 0 Å². The molecule has 0 aliphatic rings. The summed E-state index contributed by atoms with van der Waals surface area (Å²) in [6.45, 7) is 0.452. The number of nitrogens with two attached hydrogens (primary N) is 1. The molecule has 0 atom stereocenters. The maximum absolute atomic E-state index is 12.4. The summed E-state index contributed by atoms with van der Waals surface area (Å²) in [6.07, 6.45) is 2.17. The predicted molar refractivity (Wildman–Crippen MR) is 87.6 cm³/mol. The van der Waals surface area contributed by atoms with E-state index >= 15 is 0 Å². The van der Waals surface area contributed by atoms with Crippen molar-refractivity contribution in [2.45, 2.75) is 6.42 Å². The first-order chi connectivity index (χ1) is 11.7. The van der Waals surface area contributed by atoms with Crippen LogP contribution in [0.1, 0.15) is 15.9 Å². The topological polar surface area (TPSA) is 104 Å². The lowest BCUT2D eigenvalue weighted by Crippen LogP contribution is -2.26. The number of hydrogen-bond acceptors (Lipinski definition) is 6. The van der Waals surface area contributed by atoms with Crippen LogP contribution >= 0.6 is 0 Å². The zero-order valence-electron chi connectivity index (χ0n) is 13.1. The Labute approximate surface area is 138 Å². The summed E-state index contributed by atoms with van der Waals surface area (Å²) in [4.78, 5) is 12.4. The fourth-order valence-electron chi connectivity index (χ4n) is 2.30. The first kappa shape index (κ1) is 15.7. The molecule has 3 N–H and O–H groups in total. The van der Waals surface area contributed by atoms with Gasteiger partial charge in [0.1, 0.15) is 11.3 Å². The van der Waals surface area contributed by atoms with E-state index in [1.54, 1.807) is 19.2 Å². The van der Waals surface area contributed by atoms with Crippen molar-refractivity contribution in [2.75, 3.05) is 19.4 Å². The number of nitrogens with zero attached hydrogens (tertiary/aromatic N) is 1. The van der Waals surface area contributed by atoms with Crippen molar-refractivity contribution in [3.8, 4) is 17.2 Å². The number of nitrogens with one attached hydrogen (secondary N) is 1. The fourth-order valence-corrected chi connectivity index (χ4v) is 2.30. The quantitative estimate of drug-likeness (QED) is 0.721. The van der Waals surface area contributed by atoms with Crippen molar-refractivity contribution in [1.29, 1.82) is 0 Å². The highest BCUT2D eigenvalue weighted by molar-refractivity contribution is 6.03. The van der Waals surface area contributed by atoms with Crippen molar-refractivity contribution >= 4 is 11.8 Å². The number of methoxy groups -OCH3 is 1. The van der Waals surface area contributed by atoms with E-state index < -0.39 is 0 Å². The zero-order chi connectivity index (χ0) is 16.9. The van der Waals surface area contributed by atoms with Gasteiger partial charge in [-0.3, -0.25) is 4.79 Å². The van der Waals surface area contributed by atoms with Crippen molar-refractivity contribution in [1.82, 2.24) is 10.5 Å². The molecule has 0 unspecified atom stereocenters. The summed E-state index contributed by atoms with van der Waals surface area (Å²) < 4.78 is 15.3. The number of nitrogen functional groups attached to an aromatic ring is 1. The average Bonchev–Trinajstić information content (AvgIpc) is 3.24. The molecule has 0 saturated heterocycles. The molecule has 24 heavy (non-hydrogen) atoms. The molecule has 0 saturated carbocycles. The maximum atomic E-state index is 12.4. The third-order valence-electron chi connectivity index (χ3n) is 3.56. The third-order valence-corrected chi connectivity index (χ3v) is 3.56. The number of rotatable bonds is 6. The Bertz CT molecular complexity index is 807. The summed E-state index contributed by atoms with van der Waals surface area (Å²) in [6, 6.07) is 11.0. The molecule has 1 aromatic carbocycles. The van der Waals surface area contributed by atoms with E-state index in [-0.39, 0.29) is 17.4 Å². The van der Waals surface area contributed by atoms with Gasteiger partial charge in [-0.05, 0) is 36.2 Å². The minimum atomic E-state index is -0.353. The van der Waals surface area contributed by atoms with Crippen LogP contribution in [-0.2, 0) is 6.42 Å². The number of anilines is 1. The first-order valence-corrected chi connectivity index (χ1v) is 7.39. The Morgan fingerprint density at radius 3 is 2.75 bits per heavy atom. The Morgan fingerprint density at radius 1 is 1.29 bits per heavy atom. The zero-order valence-corrected chi connectivity index (χ0v) is 13.1. The summed E-state index contributed by atoms with van der Waals surface area (Å²) in [7, 11) is 1.62. The lowest BCUT2D eigenvalue weighted by atomic mass is 10.1. The Hall–Kier alpha value is -3.22.